The van der Waals surface area contributed by atoms with E-state index < -0.39 is 16.0 Å². The monoisotopic (exact) mass is 215 g/mol. The minimum absolute atomic E-state index is 0. The number of hydrogen-bond acceptors (Lipinski definition) is 3. The molecule has 0 rings (SSSR count). The fourth-order valence-corrected chi connectivity index (χ4v) is 0.995. The Bertz CT molecular complexity index is 262. The second-order valence-electron chi connectivity index (χ2n) is 2.06. The second kappa shape index (κ2) is 7.52. The fourth-order valence-electron chi connectivity index (χ4n) is 0.501. The first kappa shape index (κ1) is 15.6. The summed E-state index contributed by atoms with van der Waals surface area (Å²) in [7, 11) is -3.93. The summed E-state index contributed by atoms with van der Waals surface area (Å²) in [6.07, 6.45) is 1.17. The Kier molecular flexibility index (Phi) is 9.01. The van der Waals surface area contributed by atoms with Crippen molar-refractivity contribution >= 4 is 16.0 Å². The third-order valence-corrected chi connectivity index (χ3v) is 1.81. The van der Waals surface area contributed by atoms with E-state index in [1.165, 1.54) is 0 Å². The Labute approximate surface area is 99.6 Å². The molecule has 1 amide bonds. The Morgan fingerprint density at radius 1 is 1.54 bits per heavy atom. The van der Waals surface area contributed by atoms with Crippen molar-refractivity contribution < 1.29 is 47.3 Å². The molecule has 0 aliphatic carbocycles. The van der Waals surface area contributed by atoms with Crippen LogP contribution in [-0.2, 0) is 14.9 Å². The van der Waals surface area contributed by atoms with E-state index in [1.807, 2.05) is 0 Å². The van der Waals surface area contributed by atoms with Gasteiger partial charge in [-0.1, -0.05) is 13.0 Å². The molecule has 0 fully saturated rings. The van der Waals surface area contributed by atoms with E-state index in [-0.39, 0.29) is 48.3 Å². The van der Waals surface area contributed by atoms with Crippen LogP contribution >= 0.6 is 0 Å². The minimum atomic E-state index is -3.93. The zero-order valence-corrected chi connectivity index (χ0v) is 10.2. The van der Waals surface area contributed by atoms with Crippen molar-refractivity contribution in [3.8, 4) is 0 Å². The molecule has 0 unspecified atom stereocenters. The average molecular weight is 215 g/mol. The van der Waals surface area contributed by atoms with Crippen molar-refractivity contribution in [1.82, 2.24) is 0 Å². The number of carbonyl (C=O) groups excluding carboxylic acids is 1. The third-order valence-electron chi connectivity index (χ3n) is 1.00. The predicted octanol–water partition coefficient (Wildman–Crippen LogP) is -2.65. The number of carbonyl (C=O) groups is 1. The van der Waals surface area contributed by atoms with Gasteiger partial charge in [-0.25, -0.2) is 0 Å². The fraction of sp³-hybridized carbons (Fsp3) is 0.500. The predicted molar refractivity (Wildman–Crippen MR) is 44.5 cm³/mol. The van der Waals surface area contributed by atoms with Crippen LogP contribution < -0.4 is 29.6 Å². The summed E-state index contributed by atoms with van der Waals surface area (Å²) in [6, 6.07) is 0. The smallest absolute Gasteiger partial charge is 0.650 e. The van der Waals surface area contributed by atoms with Crippen LogP contribution in [0.15, 0.2) is 12.7 Å². The van der Waals surface area contributed by atoms with Gasteiger partial charge in [0.15, 0.2) is 0 Å². The molecule has 0 saturated carbocycles. The van der Waals surface area contributed by atoms with Crippen LogP contribution in [0.25, 0.3) is 5.32 Å². The number of rotatable bonds is 5. The van der Waals surface area contributed by atoms with Gasteiger partial charge in [0, 0.05) is 0 Å². The van der Waals surface area contributed by atoms with E-state index in [4.69, 9.17) is 4.55 Å². The van der Waals surface area contributed by atoms with Crippen molar-refractivity contribution in [3.63, 3.8) is 0 Å². The molecule has 5 nitrogen and oxygen atoms in total. The molecule has 7 heteroatoms. The molecule has 0 aliphatic rings. The summed E-state index contributed by atoms with van der Waals surface area (Å²) in [5, 5.41) is 3.41. The molecular formula is C6H10NNaO4S. The van der Waals surface area contributed by atoms with Crippen molar-refractivity contribution in [1.29, 1.82) is 0 Å². The van der Waals surface area contributed by atoms with Gasteiger partial charge in [-0.3, -0.25) is 4.55 Å². The molecule has 70 valence electrons. The summed E-state index contributed by atoms with van der Waals surface area (Å²) in [5.41, 5.74) is 0. The van der Waals surface area contributed by atoms with Crippen LogP contribution in [0.3, 0.4) is 0 Å². The third kappa shape index (κ3) is 12.1. The van der Waals surface area contributed by atoms with Gasteiger partial charge in [-0.15, -0.1) is 6.54 Å². The molecule has 0 bridgehead atoms. The van der Waals surface area contributed by atoms with Crippen LogP contribution in [0.5, 0.6) is 0 Å². The molecular weight excluding hydrogens is 205 g/mol. The summed E-state index contributed by atoms with van der Waals surface area (Å²) in [6.45, 7) is 3.27. The molecule has 0 atom stereocenters. The molecule has 1 N–H and O–H groups in total. The maximum atomic E-state index is 10.4. The van der Waals surface area contributed by atoms with Gasteiger partial charge in [0.1, 0.15) is 0 Å². The largest absolute Gasteiger partial charge is 1.00 e. The van der Waals surface area contributed by atoms with Crippen LogP contribution in [-0.4, -0.2) is 31.2 Å². The quantitative estimate of drug-likeness (QED) is 0.235. The Morgan fingerprint density at radius 3 is 2.46 bits per heavy atom. The Morgan fingerprint density at radius 2 is 2.08 bits per heavy atom. The van der Waals surface area contributed by atoms with Gasteiger partial charge in [-0.2, -0.15) is 8.42 Å². The van der Waals surface area contributed by atoms with E-state index in [0.717, 1.165) is 6.08 Å². The minimum Gasteiger partial charge on any atom is -0.650 e. The SMILES string of the molecule is C=CC(=O)[N-]CCCS(=O)(=O)O.[Na+]. The van der Waals surface area contributed by atoms with Gasteiger partial charge in [-0.05, 0) is 6.08 Å². The summed E-state index contributed by atoms with van der Waals surface area (Å²) in [5.74, 6) is -0.855. The van der Waals surface area contributed by atoms with Gasteiger partial charge in [0.05, 0.1) is 11.7 Å². The number of nitrogens with zero attached hydrogens (tertiary/aromatic N) is 1. The zero-order valence-electron chi connectivity index (χ0n) is 7.43. The maximum absolute atomic E-state index is 10.4. The van der Waals surface area contributed by atoms with Gasteiger partial charge >= 0.3 is 29.6 Å². The first-order valence-corrected chi connectivity index (χ1v) is 4.85. The van der Waals surface area contributed by atoms with Crippen molar-refractivity contribution in [2.75, 3.05) is 12.3 Å². The van der Waals surface area contributed by atoms with E-state index in [0.29, 0.717) is 0 Å². The van der Waals surface area contributed by atoms with Crippen LogP contribution in [0.4, 0.5) is 0 Å². The van der Waals surface area contributed by atoms with Crippen LogP contribution in [0, 0.1) is 0 Å². The molecule has 0 aromatic heterocycles. The molecule has 13 heavy (non-hydrogen) atoms. The first-order chi connectivity index (χ1) is 5.45. The average Bonchev–Trinajstić information content (AvgIpc) is 1.96. The summed E-state index contributed by atoms with van der Waals surface area (Å²) < 4.78 is 28.6. The molecule has 0 saturated heterocycles. The van der Waals surface area contributed by atoms with E-state index >= 15 is 0 Å². The molecule has 0 radical (unpaired) electrons. The molecule has 0 aromatic rings. The standard InChI is InChI=1S/C6H11NO4S.Na/c1-2-6(8)7-4-3-5-12(9,10)11;/h2H,1,3-5H2,(H2,7,8,9,10,11);/q;+1/p-1. The number of amides is 1. The summed E-state index contributed by atoms with van der Waals surface area (Å²) in [4.78, 5) is 10.4. The van der Waals surface area contributed by atoms with E-state index in [9.17, 15) is 13.2 Å². The molecule has 0 aromatic carbocycles. The number of hydrogen-bond donors (Lipinski definition) is 1. The van der Waals surface area contributed by atoms with E-state index in [1.54, 1.807) is 0 Å². The van der Waals surface area contributed by atoms with Crippen LogP contribution in [0.2, 0.25) is 0 Å². The molecule has 0 aliphatic heterocycles. The normalized spacial score (nSPS) is 9.92. The maximum Gasteiger partial charge on any atom is 1.00 e. The molecule has 0 spiro atoms. The molecule has 0 heterocycles. The Balaban J connectivity index is 0. The van der Waals surface area contributed by atoms with E-state index in [2.05, 4.69) is 11.9 Å². The topological polar surface area (TPSA) is 85.5 Å². The first-order valence-electron chi connectivity index (χ1n) is 3.25. The second-order valence-corrected chi connectivity index (χ2v) is 3.64. The van der Waals surface area contributed by atoms with Gasteiger partial charge < -0.3 is 10.1 Å². The van der Waals surface area contributed by atoms with Crippen LogP contribution in [0.1, 0.15) is 6.42 Å². The Hall–Kier alpha value is 0.120. The van der Waals surface area contributed by atoms with Gasteiger partial charge in [0.25, 0.3) is 10.1 Å². The van der Waals surface area contributed by atoms with Gasteiger partial charge in [0.2, 0.25) is 0 Å². The van der Waals surface area contributed by atoms with Crippen molar-refractivity contribution in [2.24, 2.45) is 0 Å². The summed E-state index contributed by atoms with van der Waals surface area (Å²) >= 11 is 0. The zero-order chi connectivity index (χ0) is 9.61. The van der Waals surface area contributed by atoms with Crippen molar-refractivity contribution in [2.45, 2.75) is 6.42 Å². The van der Waals surface area contributed by atoms with Crippen molar-refractivity contribution in [3.05, 3.63) is 18.0 Å².